The van der Waals surface area contributed by atoms with Gasteiger partial charge in [-0.25, -0.2) is 18.7 Å². The number of benzene rings is 1. The van der Waals surface area contributed by atoms with Crippen molar-refractivity contribution < 1.29 is 13.6 Å². The molecule has 0 spiro atoms. The molecular formula is C15H10F2N4O. The number of aromatic nitrogens is 4. The molecule has 0 unspecified atom stereocenters. The molecule has 0 aliphatic rings. The standard InChI is InChI=1S/C15H10F2N4O/c16-12-2-1-10(13(17)5-12)8-21-4-3-14(20-21)15(22)11-6-18-9-19-7-11/h1-7,9H,8H2. The fourth-order valence-corrected chi connectivity index (χ4v) is 1.96. The van der Waals surface area contributed by atoms with Crippen molar-refractivity contribution in [1.29, 1.82) is 0 Å². The quantitative estimate of drug-likeness (QED) is 0.693. The lowest BCUT2D eigenvalue weighted by molar-refractivity contribution is 0.103. The molecule has 0 aliphatic heterocycles. The van der Waals surface area contributed by atoms with Crippen LogP contribution >= 0.6 is 0 Å². The van der Waals surface area contributed by atoms with Gasteiger partial charge in [-0.2, -0.15) is 5.10 Å². The summed E-state index contributed by atoms with van der Waals surface area (Å²) in [5.41, 5.74) is 0.810. The van der Waals surface area contributed by atoms with Gasteiger partial charge in [-0.3, -0.25) is 9.48 Å². The zero-order chi connectivity index (χ0) is 15.5. The number of nitrogens with zero attached hydrogens (tertiary/aromatic N) is 4. The molecule has 0 saturated carbocycles. The molecular weight excluding hydrogens is 290 g/mol. The van der Waals surface area contributed by atoms with E-state index in [-0.39, 0.29) is 23.6 Å². The first-order valence-corrected chi connectivity index (χ1v) is 6.40. The topological polar surface area (TPSA) is 60.7 Å². The minimum absolute atomic E-state index is 0.102. The second kappa shape index (κ2) is 5.80. The van der Waals surface area contributed by atoms with Gasteiger partial charge in [0.05, 0.1) is 12.1 Å². The lowest BCUT2D eigenvalue weighted by atomic mass is 10.2. The third-order valence-electron chi connectivity index (χ3n) is 3.04. The van der Waals surface area contributed by atoms with Crippen LogP contribution < -0.4 is 0 Å². The number of carbonyl (C=O) groups excluding carboxylic acids is 1. The largest absolute Gasteiger partial charge is 0.287 e. The third kappa shape index (κ3) is 2.88. The van der Waals surface area contributed by atoms with Crippen LogP contribution in [0, 0.1) is 11.6 Å². The first kappa shape index (κ1) is 14.0. The minimum Gasteiger partial charge on any atom is -0.287 e. The average Bonchev–Trinajstić information content (AvgIpc) is 2.99. The highest BCUT2D eigenvalue weighted by Gasteiger charge is 2.13. The van der Waals surface area contributed by atoms with Crippen molar-refractivity contribution in [2.24, 2.45) is 0 Å². The Morgan fingerprint density at radius 1 is 1.14 bits per heavy atom. The van der Waals surface area contributed by atoms with Gasteiger partial charge in [-0.15, -0.1) is 0 Å². The third-order valence-corrected chi connectivity index (χ3v) is 3.04. The van der Waals surface area contributed by atoms with Crippen LogP contribution in [-0.4, -0.2) is 25.5 Å². The zero-order valence-electron chi connectivity index (χ0n) is 11.3. The van der Waals surface area contributed by atoms with Gasteiger partial charge >= 0.3 is 0 Å². The van der Waals surface area contributed by atoms with Crippen LogP contribution in [0.15, 0.2) is 49.2 Å². The average molecular weight is 300 g/mol. The summed E-state index contributed by atoms with van der Waals surface area (Å²) in [7, 11) is 0. The molecule has 2 heterocycles. The summed E-state index contributed by atoms with van der Waals surface area (Å²) >= 11 is 0. The summed E-state index contributed by atoms with van der Waals surface area (Å²) < 4.78 is 27.9. The van der Waals surface area contributed by atoms with E-state index in [1.54, 1.807) is 6.20 Å². The van der Waals surface area contributed by atoms with E-state index in [9.17, 15) is 13.6 Å². The van der Waals surface area contributed by atoms with Crippen molar-refractivity contribution >= 4 is 5.78 Å². The number of ketones is 1. The summed E-state index contributed by atoms with van der Waals surface area (Å²) in [4.78, 5) is 19.7. The Hall–Kier alpha value is -2.96. The SMILES string of the molecule is O=C(c1cncnc1)c1ccn(Cc2ccc(F)cc2F)n1. The van der Waals surface area contributed by atoms with Gasteiger partial charge in [0.15, 0.2) is 0 Å². The van der Waals surface area contributed by atoms with Crippen LogP contribution in [0.4, 0.5) is 8.78 Å². The number of hydrogen-bond donors (Lipinski definition) is 0. The molecule has 3 aromatic rings. The van der Waals surface area contributed by atoms with Gasteiger partial charge in [-0.1, -0.05) is 6.07 Å². The first-order chi connectivity index (χ1) is 10.6. The second-order valence-electron chi connectivity index (χ2n) is 4.59. The smallest absolute Gasteiger partial charge is 0.216 e. The van der Waals surface area contributed by atoms with Gasteiger partial charge in [0.1, 0.15) is 23.7 Å². The van der Waals surface area contributed by atoms with Gasteiger partial charge in [0.25, 0.3) is 0 Å². The number of carbonyl (C=O) groups is 1. The molecule has 0 fully saturated rings. The van der Waals surface area contributed by atoms with Crippen LogP contribution in [0.1, 0.15) is 21.6 Å². The number of halogens is 2. The van der Waals surface area contributed by atoms with Gasteiger partial charge in [0, 0.05) is 30.2 Å². The summed E-state index contributed by atoms with van der Waals surface area (Å²) in [5, 5.41) is 4.10. The van der Waals surface area contributed by atoms with E-state index >= 15 is 0 Å². The van der Waals surface area contributed by atoms with E-state index in [0.29, 0.717) is 5.56 Å². The van der Waals surface area contributed by atoms with Crippen LogP contribution in [0.25, 0.3) is 0 Å². The fraction of sp³-hybridized carbons (Fsp3) is 0.0667. The number of rotatable bonds is 4. The molecule has 1 aromatic carbocycles. The van der Waals surface area contributed by atoms with Gasteiger partial charge < -0.3 is 0 Å². The van der Waals surface area contributed by atoms with E-state index < -0.39 is 11.6 Å². The minimum atomic E-state index is -0.653. The highest BCUT2D eigenvalue weighted by Crippen LogP contribution is 2.12. The Labute approximate surface area is 124 Å². The maximum atomic E-state index is 13.6. The van der Waals surface area contributed by atoms with Crippen LogP contribution in [0.3, 0.4) is 0 Å². The molecule has 0 amide bonds. The predicted octanol–water partition coefficient (Wildman–Crippen LogP) is 2.23. The lowest BCUT2D eigenvalue weighted by Crippen LogP contribution is -2.07. The van der Waals surface area contributed by atoms with Crippen molar-refractivity contribution in [2.75, 3.05) is 0 Å². The Morgan fingerprint density at radius 2 is 1.91 bits per heavy atom. The monoisotopic (exact) mass is 300 g/mol. The molecule has 5 nitrogen and oxygen atoms in total. The molecule has 110 valence electrons. The first-order valence-electron chi connectivity index (χ1n) is 6.40. The molecule has 7 heteroatoms. The van der Waals surface area contributed by atoms with E-state index in [0.717, 1.165) is 6.07 Å². The van der Waals surface area contributed by atoms with Crippen molar-refractivity contribution in [3.05, 3.63) is 77.6 Å². The Morgan fingerprint density at radius 3 is 2.64 bits per heavy atom. The molecule has 22 heavy (non-hydrogen) atoms. The molecule has 0 aliphatic carbocycles. The van der Waals surface area contributed by atoms with E-state index in [1.165, 1.54) is 41.6 Å². The van der Waals surface area contributed by atoms with Crippen molar-refractivity contribution in [3.8, 4) is 0 Å². The fourth-order valence-electron chi connectivity index (χ4n) is 1.96. The molecule has 0 N–H and O–H groups in total. The number of hydrogen-bond acceptors (Lipinski definition) is 4. The molecule has 0 saturated heterocycles. The van der Waals surface area contributed by atoms with E-state index in [4.69, 9.17) is 0 Å². The summed E-state index contributed by atoms with van der Waals surface area (Å²) in [6, 6.07) is 4.86. The van der Waals surface area contributed by atoms with E-state index in [2.05, 4.69) is 15.1 Å². The van der Waals surface area contributed by atoms with Crippen LogP contribution in [0.2, 0.25) is 0 Å². The van der Waals surface area contributed by atoms with Crippen molar-refractivity contribution in [2.45, 2.75) is 6.54 Å². The Kier molecular flexibility index (Phi) is 3.69. The lowest BCUT2D eigenvalue weighted by Gasteiger charge is -2.03. The maximum Gasteiger partial charge on any atom is 0.216 e. The predicted molar refractivity (Wildman–Crippen MR) is 73.2 cm³/mol. The zero-order valence-corrected chi connectivity index (χ0v) is 11.3. The maximum absolute atomic E-state index is 13.6. The highest BCUT2D eigenvalue weighted by atomic mass is 19.1. The van der Waals surface area contributed by atoms with Crippen molar-refractivity contribution in [3.63, 3.8) is 0 Å². The van der Waals surface area contributed by atoms with Gasteiger partial charge in [-0.05, 0) is 12.1 Å². The summed E-state index contributed by atoms with van der Waals surface area (Å²) in [5.74, 6) is -1.61. The van der Waals surface area contributed by atoms with Crippen molar-refractivity contribution in [1.82, 2.24) is 19.7 Å². The summed E-state index contributed by atoms with van der Waals surface area (Å²) in [6.07, 6.45) is 5.68. The highest BCUT2D eigenvalue weighted by molar-refractivity contribution is 6.07. The van der Waals surface area contributed by atoms with Crippen LogP contribution in [0.5, 0.6) is 0 Å². The normalized spacial score (nSPS) is 10.6. The Balaban J connectivity index is 1.81. The molecule has 0 radical (unpaired) electrons. The Bertz CT molecular complexity index is 817. The van der Waals surface area contributed by atoms with Crippen LogP contribution in [-0.2, 0) is 6.54 Å². The summed E-state index contributed by atoms with van der Waals surface area (Å²) in [6.45, 7) is 0.102. The molecule has 0 atom stereocenters. The molecule has 3 rings (SSSR count). The van der Waals surface area contributed by atoms with E-state index in [1.807, 2.05) is 0 Å². The molecule has 2 aromatic heterocycles. The second-order valence-corrected chi connectivity index (χ2v) is 4.59. The van der Waals surface area contributed by atoms with Gasteiger partial charge in [0.2, 0.25) is 5.78 Å². The molecule has 0 bridgehead atoms.